The van der Waals surface area contributed by atoms with Crippen molar-refractivity contribution >= 4 is 13.2 Å². The molecular formula is C8H12NP. The summed E-state index contributed by atoms with van der Waals surface area (Å²) in [6.07, 6.45) is 3.85. The fourth-order valence-corrected chi connectivity index (χ4v) is 1.54. The largest absolute Gasteiger partial charge is 0.264 e. The van der Waals surface area contributed by atoms with Gasteiger partial charge in [-0.05, 0) is 37.2 Å². The van der Waals surface area contributed by atoms with Crippen molar-refractivity contribution < 1.29 is 0 Å². The average molecular weight is 153 g/mol. The first-order valence-electron chi connectivity index (χ1n) is 3.29. The van der Waals surface area contributed by atoms with Gasteiger partial charge in [-0.1, -0.05) is 7.92 Å². The molecule has 0 N–H and O–H groups in total. The summed E-state index contributed by atoms with van der Waals surface area (Å²) in [7, 11) is 0.0257. The zero-order valence-electron chi connectivity index (χ0n) is 6.63. The first kappa shape index (κ1) is 7.68. The predicted molar refractivity (Wildman–Crippen MR) is 47.4 cm³/mol. The van der Waals surface area contributed by atoms with E-state index in [1.165, 1.54) is 10.9 Å². The van der Waals surface area contributed by atoms with Gasteiger partial charge in [0.15, 0.2) is 0 Å². The summed E-state index contributed by atoms with van der Waals surface area (Å²) in [6.45, 7) is 6.56. The number of hydrogen-bond donors (Lipinski definition) is 0. The van der Waals surface area contributed by atoms with Crippen LogP contribution >= 0.6 is 7.92 Å². The summed E-state index contributed by atoms with van der Waals surface area (Å²) in [5.74, 6) is 0. The minimum atomic E-state index is 0.0257. The Balaban J connectivity index is 2.96. The van der Waals surface area contributed by atoms with Crippen molar-refractivity contribution in [2.75, 3.05) is 13.3 Å². The predicted octanol–water partition coefficient (Wildman–Crippen LogP) is 1.76. The molecule has 1 aromatic rings. The molecule has 0 aliphatic heterocycles. The van der Waals surface area contributed by atoms with Crippen molar-refractivity contribution in [3.8, 4) is 0 Å². The van der Waals surface area contributed by atoms with Gasteiger partial charge in [-0.3, -0.25) is 4.98 Å². The van der Waals surface area contributed by atoms with E-state index in [1.807, 2.05) is 12.4 Å². The summed E-state index contributed by atoms with van der Waals surface area (Å²) >= 11 is 0. The Morgan fingerprint density at radius 3 is 2.40 bits per heavy atom. The molecule has 0 aliphatic carbocycles. The minimum Gasteiger partial charge on any atom is -0.264 e. The Labute approximate surface area is 63.2 Å². The maximum Gasteiger partial charge on any atom is 0.0344 e. The summed E-state index contributed by atoms with van der Waals surface area (Å²) in [4.78, 5) is 4.12. The fourth-order valence-electron chi connectivity index (χ4n) is 0.784. The van der Waals surface area contributed by atoms with Crippen molar-refractivity contribution in [3.63, 3.8) is 0 Å². The third-order valence-corrected chi connectivity index (χ3v) is 2.65. The van der Waals surface area contributed by atoms with Gasteiger partial charge >= 0.3 is 0 Å². The van der Waals surface area contributed by atoms with Gasteiger partial charge in [0, 0.05) is 12.4 Å². The quantitative estimate of drug-likeness (QED) is 0.560. The lowest BCUT2D eigenvalue weighted by molar-refractivity contribution is 1.29. The van der Waals surface area contributed by atoms with Crippen molar-refractivity contribution in [3.05, 3.63) is 24.0 Å². The lowest BCUT2D eigenvalue weighted by Crippen LogP contribution is -2.00. The molecule has 0 aliphatic rings. The Kier molecular flexibility index (Phi) is 2.39. The highest BCUT2D eigenvalue weighted by molar-refractivity contribution is 7.64. The molecule has 0 spiro atoms. The Hall–Kier alpha value is -0.420. The molecule has 1 aromatic heterocycles. The lowest BCUT2D eigenvalue weighted by atomic mass is 10.3. The van der Waals surface area contributed by atoms with Crippen LogP contribution in [0.25, 0.3) is 0 Å². The van der Waals surface area contributed by atoms with Gasteiger partial charge in [-0.25, -0.2) is 0 Å². The molecule has 0 radical (unpaired) electrons. The second-order valence-corrected chi connectivity index (χ2v) is 4.92. The molecule has 0 unspecified atom stereocenters. The van der Waals surface area contributed by atoms with E-state index in [0.29, 0.717) is 0 Å². The number of rotatable bonds is 1. The number of hydrogen-bond acceptors (Lipinski definition) is 1. The molecule has 0 fully saturated rings. The molecule has 1 nitrogen and oxygen atoms in total. The molecule has 2 heteroatoms. The standard InChI is InChI=1S/C8H12NP/c1-7-4-8(10(2)3)6-9-5-7/h4-6H,1-3H3. The highest BCUT2D eigenvalue weighted by Gasteiger charge is 1.96. The van der Waals surface area contributed by atoms with Gasteiger partial charge in [0.2, 0.25) is 0 Å². The van der Waals surface area contributed by atoms with Crippen LogP contribution in [0.5, 0.6) is 0 Å². The first-order chi connectivity index (χ1) is 4.70. The van der Waals surface area contributed by atoms with Crippen molar-refractivity contribution in [2.45, 2.75) is 6.92 Å². The van der Waals surface area contributed by atoms with E-state index in [-0.39, 0.29) is 7.92 Å². The van der Waals surface area contributed by atoms with Gasteiger partial charge in [0.05, 0.1) is 0 Å². The zero-order chi connectivity index (χ0) is 7.56. The Bertz CT molecular complexity index is 220. The van der Waals surface area contributed by atoms with Crippen LogP contribution in [-0.4, -0.2) is 18.3 Å². The molecule has 0 saturated carbocycles. The van der Waals surface area contributed by atoms with E-state index in [4.69, 9.17) is 0 Å². The molecule has 0 atom stereocenters. The van der Waals surface area contributed by atoms with E-state index in [0.717, 1.165) is 0 Å². The lowest BCUT2D eigenvalue weighted by Gasteiger charge is -2.04. The van der Waals surface area contributed by atoms with Crippen LogP contribution in [0.2, 0.25) is 0 Å². The third-order valence-electron chi connectivity index (χ3n) is 1.38. The van der Waals surface area contributed by atoms with Crippen LogP contribution in [0.4, 0.5) is 0 Å². The van der Waals surface area contributed by atoms with Crippen molar-refractivity contribution in [1.82, 2.24) is 4.98 Å². The van der Waals surface area contributed by atoms with E-state index >= 15 is 0 Å². The second-order valence-electron chi connectivity index (χ2n) is 2.61. The number of pyridine rings is 1. The van der Waals surface area contributed by atoms with E-state index in [2.05, 4.69) is 31.3 Å². The van der Waals surface area contributed by atoms with E-state index < -0.39 is 0 Å². The third kappa shape index (κ3) is 1.78. The molecule has 54 valence electrons. The summed E-state index contributed by atoms with van der Waals surface area (Å²) < 4.78 is 0. The minimum absolute atomic E-state index is 0.0257. The first-order valence-corrected chi connectivity index (χ1v) is 5.53. The van der Waals surface area contributed by atoms with Crippen LogP contribution in [0.15, 0.2) is 18.5 Å². The average Bonchev–Trinajstić information content (AvgIpc) is 1.88. The van der Waals surface area contributed by atoms with Gasteiger partial charge in [-0.15, -0.1) is 0 Å². The van der Waals surface area contributed by atoms with Crippen LogP contribution < -0.4 is 5.30 Å². The maximum absolute atomic E-state index is 4.12. The second kappa shape index (κ2) is 3.12. The van der Waals surface area contributed by atoms with Crippen LogP contribution in [0.1, 0.15) is 5.56 Å². The smallest absolute Gasteiger partial charge is 0.0344 e. The summed E-state index contributed by atoms with van der Waals surface area (Å²) in [5.41, 5.74) is 1.26. The topological polar surface area (TPSA) is 12.9 Å². The van der Waals surface area contributed by atoms with Gasteiger partial charge in [0.25, 0.3) is 0 Å². The van der Waals surface area contributed by atoms with E-state index in [1.54, 1.807) is 0 Å². The highest BCUT2D eigenvalue weighted by Crippen LogP contribution is 2.22. The van der Waals surface area contributed by atoms with Crippen LogP contribution in [0, 0.1) is 6.92 Å². The van der Waals surface area contributed by atoms with Gasteiger partial charge in [-0.2, -0.15) is 0 Å². The van der Waals surface area contributed by atoms with Gasteiger partial charge in [0.1, 0.15) is 0 Å². The molecule has 0 bridgehead atoms. The van der Waals surface area contributed by atoms with Crippen molar-refractivity contribution in [2.24, 2.45) is 0 Å². The van der Waals surface area contributed by atoms with Crippen molar-refractivity contribution in [1.29, 1.82) is 0 Å². The SMILES string of the molecule is Cc1cncc(P(C)C)c1. The normalized spacial score (nSPS) is 10.4. The van der Waals surface area contributed by atoms with E-state index in [9.17, 15) is 0 Å². The molecule has 10 heavy (non-hydrogen) atoms. The Morgan fingerprint density at radius 2 is 2.00 bits per heavy atom. The molecule has 0 aromatic carbocycles. The van der Waals surface area contributed by atoms with Crippen LogP contribution in [0.3, 0.4) is 0 Å². The monoisotopic (exact) mass is 153 g/mol. The molecule has 1 heterocycles. The molecule has 1 rings (SSSR count). The molecule has 0 saturated heterocycles. The fraction of sp³-hybridized carbons (Fsp3) is 0.375. The number of nitrogens with zero attached hydrogens (tertiary/aromatic N) is 1. The number of aromatic nitrogens is 1. The summed E-state index contributed by atoms with van der Waals surface area (Å²) in [5, 5.41) is 1.38. The van der Waals surface area contributed by atoms with Gasteiger partial charge < -0.3 is 0 Å². The highest BCUT2D eigenvalue weighted by atomic mass is 31.1. The maximum atomic E-state index is 4.12. The Morgan fingerprint density at radius 1 is 1.30 bits per heavy atom. The number of aryl methyl sites for hydroxylation is 1. The zero-order valence-corrected chi connectivity index (χ0v) is 7.52. The molecular weight excluding hydrogens is 141 g/mol. The summed E-state index contributed by atoms with van der Waals surface area (Å²) in [6, 6.07) is 2.21. The van der Waals surface area contributed by atoms with Crippen LogP contribution in [-0.2, 0) is 0 Å². The molecule has 0 amide bonds.